The van der Waals surface area contributed by atoms with Gasteiger partial charge in [0.2, 0.25) is 5.91 Å². The topological polar surface area (TPSA) is 66.4 Å². The molecule has 23 heavy (non-hydrogen) atoms. The summed E-state index contributed by atoms with van der Waals surface area (Å²) in [5.74, 6) is -3.53. The number of carbonyl (C=O) groups is 2. The van der Waals surface area contributed by atoms with E-state index in [9.17, 15) is 22.8 Å². The van der Waals surface area contributed by atoms with Crippen molar-refractivity contribution in [2.75, 3.05) is 0 Å². The zero-order valence-corrected chi connectivity index (χ0v) is 12.4. The van der Waals surface area contributed by atoms with Crippen LogP contribution in [0.4, 0.5) is 13.2 Å². The highest BCUT2D eigenvalue weighted by Crippen LogP contribution is 2.39. The van der Waals surface area contributed by atoms with Crippen molar-refractivity contribution in [2.45, 2.75) is 38.4 Å². The maximum absolute atomic E-state index is 12.8. The molecule has 0 aromatic heterocycles. The lowest BCUT2D eigenvalue weighted by molar-refractivity contribution is -0.186. The Morgan fingerprint density at radius 2 is 2.00 bits per heavy atom. The molecule has 1 aliphatic carbocycles. The summed E-state index contributed by atoms with van der Waals surface area (Å²) in [5.41, 5.74) is 0.702. The third kappa shape index (κ3) is 4.71. The zero-order chi connectivity index (χ0) is 17.0. The molecule has 2 rings (SSSR count). The molecule has 126 valence electrons. The van der Waals surface area contributed by atoms with Crippen molar-refractivity contribution in [3.05, 3.63) is 35.4 Å². The maximum Gasteiger partial charge on any atom is 0.391 e. The molecule has 1 amide bonds. The van der Waals surface area contributed by atoms with Crippen LogP contribution < -0.4 is 5.32 Å². The molecule has 2 N–H and O–H groups in total. The summed E-state index contributed by atoms with van der Waals surface area (Å²) in [5, 5.41) is 11.5. The number of amides is 1. The lowest BCUT2D eigenvalue weighted by atomic mass is 9.80. The van der Waals surface area contributed by atoms with Crippen molar-refractivity contribution in [2.24, 2.45) is 11.8 Å². The number of rotatable bonds is 4. The molecule has 0 saturated heterocycles. The minimum Gasteiger partial charge on any atom is -0.478 e. The molecule has 2 atom stereocenters. The number of aromatic carboxylic acids is 1. The Labute approximate surface area is 131 Å². The van der Waals surface area contributed by atoms with Gasteiger partial charge in [0.05, 0.1) is 11.5 Å². The first-order chi connectivity index (χ1) is 10.8. The molecule has 0 bridgehead atoms. The molecule has 1 aromatic rings. The van der Waals surface area contributed by atoms with Crippen molar-refractivity contribution < 1.29 is 27.9 Å². The van der Waals surface area contributed by atoms with E-state index < -0.39 is 29.9 Å². The van der Waals surface area contributed by atoms with Crippen LogP contribution in [0.2, 0.25) is 0 Å². The van der Waals surface area contributed by atoms with E-state index in [1.807, 2.05) is 0 Å². The SMILES string of the molecule is O=C(O)c1cccc(CNC(=O)C2CCCC(C(F)(F)F)C2)c1. The van der Waals surface area contributed by atoms with Gasteiger partial charge in [0, 0.05) is 12.5 Å². The van der Waals surface area contributed by atoms with Crippen molar-refractivity contribution >= 4 is 11.9 Å². The van der Waals surface area contributed by atoms with Crippen molar-refractivity contribution in [3.63, 3.8) is 0 Å². The van der Waals surface area contributed by atoms with Crippen LogP contribution in [0.5, 0.6) is 0 Å². The fourth-order valence-electron chi connectivity index (χ4n) is 2.87. The number of carbonyl (C=O) groups excluding carboxylic acids is 1. The molecule has 0 heterocycles. The Bertz CT molecular complexity index is 586. The van der Waals surface area contributed by atoms with Crippen LogP contribution in [-0.4, -0.2) is 23.2 Å². The van der Waals surface area contributed by atoms with Gasteiger partial charge in [0.15, 0.2) is 0 Å². The molecule has 1 saturated carbocycles. The number of carboxylic acids is 1. The number of halogens is 3. The second-order valence-electron chi connectivity index (χ2n) is 5.83. The molecule has 4 nitrogen and oxygen atoms in total. The highest BCUT2D eigenvalue weighted by atomic mass is 19.4. The van der Waals surface area contributed by atoms with Crippen LogP contribution in [0.15, 0.2) is 24.3 Å². The summed E-state index contributed by atoms with van der Waals surface area (Å²) >= 11 is 0. The molecular weight excluding hydrogens is 311 g/mol. The van der Waals surface area contributed by atoms with Crippen LogP contribution in [-0.2, 0) is 11.3 Å². The number of alkyl halides is 3. The van der Waals surface area contributed by atoms with E-state index in [0.717, 1.165) is 0 Å². The van der Waals surface area contributed by atoms with Gasteiger partial charge in [-0.1, -0.05) is 18.6 Å². The normalized spacial score (nSPS) is 21.7. The molecule has 1 aromatic carbocycles. The predicted octanol–water partition coefficient (Wildman–Crippen LogP) is 3.37. The summed E-state index contributed by atoms with van der Waals surface area (Å²) < 4.78 is 38.3. The second-order valence-corrected chi connectivity index (χ2v) is 5.83. The first kappa shape index (κ1) is 17.3. The summed E-state index contributed by atoms with van der Waals surface area (Å²) in [6.45, 7) is 0.104. The number of hydrogen-bond donors (Lipinski definition) is 2. The molecule has 1 fully saturated rings. The molecule has 2 unspecified atom stereocenters. The molecule has 0 spiro atoms. The van der Waals surface area contributed by atoms with Crippen LogP contribution in [0.3, 0.4) is 0 Å². The lowest BCUT2D eigenvalue weighted by Crippen LogP contribution is -2.37. The Morgan fingerprint density at radius 1 is 1.26 bits per heavy atom. The van der Waals surface area contributed by atoms with E-state index in [2.05, 4.69) is 5.32 Å². The van der Waals surface area contributed by atoms with E-state index in [1.165, 1.54) is 12.1 Å². The van der Waals surface area contributed by atoms with Gasteiger partial charge >= 0.3 is 12.1 Å². The highest BCUT2D eigenvalue weighted by Gasteiger charge is 2.43. The van der Waals surface area contributed by atoms with Crippen LogP contribution in [0.25, 0.3) is 0 Å². The van der Waals surface area contributed by atoms with Crippen LogP contribution >= 0.6 is 0 Å². The van der Waals surface area contributed by atoms with Gasteiger partial charge < -0.3 is 10.4 Å². The maximum atomic E-state index is 12.8. The molecular formula is C16H18F3NO3. The van der Waals surface area contributed by atoms with E-state index in [0.29, 0.717) is 18.4 Å². The van der Waals surface area contributed by atoms with Crippen LogP contribution in [0.1, 0.15) is 41.6 Å². The van der Waals surface area contributed by atoms with Crippen molar-refractivity contribution in [3.8, 4) is 0 Å². The lowest BCUT2D eigenvalue weighted by Gasteiger charge is -2.29. The monoisotopic (exact) mass is 329 g/mol. The van der Waals surface area contributed by atoms with Crippen LogP contribution in [0, 0.1) is 11.8 Å². The summed E-state index contributed by atoms with van der Waals surface area (Å²) in [6.07, 6.45) is -3.52. The molecule has 0 aliphatic heterocycles. The first-order valence-electron chi connectivity index (χ1n) is 7.44. The zero-order valence-electron chi connectivity index (χ0n) is 12.4. The number of benzene rings is 1. The highest BCUT2D eigenvalue weighted by molar-refractivity contribution is 5.87. The Morgan fingerprint density at radius 3 is 2.65 bits per heavy atom. The average molecular weight is 329 g/mol. The summed E-state index contributed by atoms with van der Waals surface area (Å²) in [7, 11) is 0. The minimum absolute atomic E-state index is 0.0773. The fraction of sp³-hybridized carbons (Fsp3) is 0.500. The molecule has 0 radical (unpaired) electrons. The van der Waals surface area contributed by atoms with Gasteiger partial charge in [0.25, 0.3) is 0 Å². The quantitative estimate of drug-likeness (QED) is 0.890. The Hall–Kier alpha value is -2.05. The third-order valence-corrected chi connectivity index (χ3v) is 4.15. The van der Waals surface area contributed by atoms with E-state index >= 15 is 0 Å². The second kappa shape index (κ2) is 7.02. The Kier molecular flexibility index (Phi) is 5.28. The first-order valence-corrected chi connectivity index (χ1v) is 7.44. The third-order valence-electron chi connectivity index (χ3n) is 4.15. The molecule has 7 heteroatoms. The molecule has 1 aliphatic rings. The number of carboxylic acid groups (broad SMARTS) is 1. The Balaban J connectivity index is 1.92. The van der Waals surface area contributed by atoms with E-state index in [1.54, 1.807) is 12.1 Å². The fourth-order valence-corrected chi connectivity index (χ4v) is 2.87. The van der Waals surface area contributed by atoms with Crippen molar-refractivity contribution in [1.82, 2.24) is 5.32 Å². The van der Waals surface area contributed by atoms with Gasteiger partial charge in [-0.2, -0.15) is 13.2 Å². The number of hydrogen-bond acceptors (Lipinski definition) is 2. The van der Waals surface area contributed by atoms with Gasteiger partial charge in [-0.15, -0.1) is 0 Å². The van der Waals surface area contributed by atoms with E-state index in [4.69, 9.17) is 5.11 Å². The number of nitrogens with one attached hydrogen (secondary N) is 1. The van der Waals surface area contributed by atoms with Gasteiger partial charge in [-0.25, -0.2) is 4.79 Å². The average Bonchev–Trinajstić information content (AvgIpc) is 2.52. The smallest absolute Gasteiger partial charge is 0.391 e. The summed E-state index contributed by atoms with van der Waals surface area (Å²) in [4.78, 5) is 22.9. The van der Waals surface area contributed by atoms with Crippen molar-refractivity contribution in [1.29, 1.82) is 0 Å². The standard InChI is InChI=1S/C16H18F3NO3/c17-16(18,19)13-6-2-4-11(8-13)14(21)20-9-10-3-1-5-12(7-10)15(22)23/h1,3,5,7,11,13H,2,4,6,8-9H2,(H,20,21)(H,22,23). The van der Waals surface area contributed by atoms with Gasteiger partial charge in [0.1, 0.15) is 0 Å². The minimum atomic E-state index is -4.26. The van der Waals surface area contributed by atoms with E-state index in [-0.39, 0.29) is 24.9 Å². The summed E-state index contributed by atoms with van der Waals surface area (Å²) in [6, 6.07) is 6.09. The largest absolute Gasteiger partial charge is 0.478 e. The predicted molar refractivity (Wildman–Crippen MR) is 76.8 cm³/mol. The van der Waals surface area contributed by atoms with Gasteiger partial charge in [-0.3, -0.25) is 4.79 Å². The van der Waals surface area contributed by atoms with Gasteiger partial charge in [-0.05, 0) is 37.0 Å².